The van der Waals surface area contributed by atoms with E-state index in [1.807, 2.05) is 18.5 Å². The molecule has 3 rings (SSSR count). The van der Waals surface area contributed by atoms with Gasteiger partial charge in [0.05, 0.1) is 0 Å². The van der Waals surface area contributed by atoms with Crippen LogP contribution in [0.1, 0.15) is 19.3 Å². The summed E-state index contributed by atoms with van der Waals surface area (Å²) in [6, 6.07) is 1.88. The second kappa shape index (κ2) is 3.23. The van der Waals surface area contributed by atoms with Gasteiger partial charge in [-0.2, -0.15) is 0 Å². The van der Waals surface area contributed by atoms with Crippen LogP contribution in [0.5, 0.6) is 0 Å². The Kier molecular flexibility index (Phi) is 1.89. The van der Waals surface area contributed by atoms with Gasteiger partial charge in [0, 0.05) is 25.5 Å². The number of hydrogen-bond donors (Lipinski definition) is 0. The average molecular weight is 189 g/mol. The highest BCUT2D eigenvalue weighted by molar-refractivity contribution is 5.30. The van der Waals surface area contributed by atoms with Crippen molar-refractivity contribution in [3.05, 3.63) is 18.5 Å². The summed E-state index contributed by atoms with van der Waals surface area (Å²) < 4.78 is 0. The molecular formula is C11H15N3. The lowest BCUT2D eigenvalue weighted by atomic mass is 9.99. The van der Waals surface area contributed by atoms with Crippen LogP contribution in [-0.2, 0) is 0 Å². The minimum Gasteiger partial charge on any atom is -0.340 e. The molecule has 1 aliphatic carbocycles. The standard InChI is InChI=1S/C11H15N3/c1-4-12-11(13-5-1)14-7-9-2-3-10(6-9)8-14/h1,4-5,9-10H,2-3,6-8H2. The second-order valence-electron chi connectivity index (χ2n) is 4.50. The summed E-state index contributed by atoms with van der Waals surface area (Å²) in [6.45, 7) is 2.33. The van der Waals surface area contributed by atoms with E-state index in [1.54, 1.807) is 0 Å². The molecule has 1 saturated carbocycles. The number of hydrogen-bond acceptors (Lipinski definition) is 3. The largest absolute Gasteiger partial charge is 0.340 e. The van der Waals surface area contributed by atoms with Crippen molar-refractivity contribution in [3.63, 3.8) is 0 Å². The number of nitrogens with zero attached hydrogens (tertiary/aromatic N) is 3. The van der Waals surface area contributed by atoms with Gasteiger partial charge in [0.1, 0.15) is 0 Å². The maximum absolute atomic E-state index is 4.31. The Hall–Kier alpha value is -1.12. The molecule has 2 atom stereocenters. The van der Waals surface area contributed by atoms with Gasteiger partial charge in [-0.3, -0.25) is 0 Å². The van der Waals surface area contributed by atoms with Crippen LogP contribution in [0.25, 0.3) is 0 Å². The molecule has 2 fully saturated rings. The van der Waals surface area contributed by atoms with Gasteiger partial charge in [-0.15, -0.1) is 0 Å². The van der Waals surface area contributed by atoms with E-state index in [0.717, 1.165) is 17.8 Å². The molecule has 1 aliphatic heterocycles. The predicted octanol–water partition coefficient (Wildman–Crippen LogP) is 1.71. The maximum Gasteiger partial charge on any atom is 0.225 e. The summed E-state index contributed by atoms with van der Waals surface area (Å²) in [5, 5.41) is 0. The Bertz CT molecular complexity index is 300. The van der Waals surface area contributed by atoms with Crippen LogP contribution < -0.4 is 4.90 Å². The van der Waals surface area contributed by atoms with E-state index in [4.69, 9.17) is 0 Å². The molecule has 2 bridgehead atoms. The molecule has 3 heteroatoms. The van der Waals surface area contributed by atoms with Crippen molar-refractivity contribution in [1.82, 2.24) is 9.97 Å². The molecule has 3 nitrogen and oxygen atoms in total. The lowest BCUT2D eigenvalue weighted by Crippen LogP contribution is -2.37. The van der Waals surface area contributed by atoms with E-state index in [1.165, 1.54) is 32.4 Å². The molecule has 2 heterocycles. The van der Waals surface area contributed by atoms with Gasteiger partial charge in [0.15, 0.2) is 0 Å². The lowest BCUT2D eigenvalue weighted by molar-refractivity contribution is 0.416. The quantitative estimate of drug-likeness (QED) is 0.673. The molecule has 74 valence electrons. The van der Waals surface area contributed by atoms with Crippen LogP contribution in [-0.4, -0.2) is 23.1 Å². The van der Waals surface area contributed by atoms with Gasteiger partial charge in [-0.05, 0) is 37.2 Å². The zero-order valence-electron chi connectivity index (χ0n) is 8.26. The first-order chi connectivity index (χ1) is 6.92. The Morgan fingerprint density at radius 3 is 2.36 bits per heavy atom. The van der Waals surface area contributed by atoms with Crippen LogP contribution in [0.3, 0.4) is 0 Å². The van der Waals surface area contributed by atoms with E-state index >= 15 is 0 Å². The molecule has 1 aromatic rings. The smallest absolute Gasteiger partial charge is 0.225 e. The molecule has 0 N–H and O–H groups in total. The summed E-state index contributed by atoms with van der Waals surface area (Å²) in [5.74, 6) is 2.72. The van der Waals surface area contributed by atoms with Crippen LogP contribution in [0.15, 0.2) is 18.5 Å². The summed E-state index contributed by atoms with van der Waals surface area (Å²) >= 11 is 0. The summed E-state index contributed by atoms with van der Waals surface area (Å²) in [6.07, 6.45) is 7.92. The fourth-order valence-electron chi connectivity index (χ4n) is 2.83. The van der Waals surface area contributed by atoms with Crippen LogP contribution in [0, 0.1) is 11.8 Å². The fourth-order valence-corrected chi connectivity index (χ4v) is 2.83. The Balaban J connectivity index is 1.81. The van der Waals surface area contributed by atoms with Crippen molar-refractivity contribution in [2.75, 3.05) is 18.0 Å². The highest BCUT2D eigenvalue weighted by Crippen LogP contribution is 2.37. The van der Waals surface area contributed by atoms with Crippen LogP contribution >= 0.6 is 0 Å². The number of anilines is 1. The summed E-state index contributed by atoms with van der Waals surface area (Å²) in [7, 11) is 0. The SMILES string of the molecule is c1cnc(N2CC3CCC(C3)C2)nc1. The minimum atomic E-state index is 0.901. The molecule has 0 aromatic carbocycles. The topological polar surface area (TPSA) is 29.0 Å². The van der Waals surface area contributed by atoms with Gasteiger partial charge in [-0.1, -0.05) is 0 Å². The zero-order chi connectivity index (χ0) is 9.38. The third-order valence-electron chi connectivity index (χ3n) is 3.44. The number of aromatic nitrogens is 2. The van der Waals surface area contributed by atoms with Gasteiger partial charge in [-0.25, -0.2) is 9.97 Å². The molecule has 2 unspecified atom stereocenters. The van der Waals surface area contributed by atoms with Crippen molar-refractivity contribution in [2.24, 2.45) is 11.8 Å². The molecular weight excluding hydrogens is 174 g/mol. The highest BCUT2D eigenvalue weighted by atomic mass is 15.3. The predicted molar refractivity (Wildman–Crippen MR) is 55.1 cm³/mol. The first-order valence-electron chi connectivity index (χ1n) is 5.44. The lowest BCUT2D eigenvalue weighted by Gasteiger charge is -2.31. The Labute approximate surface area is 84.2 Å². The number of fused-ring (bicyclic) bond motifs is 2. The van der Waals surface area contributed by atoms with Crippen molar-refractivity contribution in [3.8, 4) is 0 Å². The summed E-state index contributed by atoms with van der Waals surface area (Å²) in [4.78, 5) is 11.0. The first kappa shape index (κ1) is 8.21. The highest BCUT2D eigenvalue weighted by Gasteiger charge is 2.33. The number of rotatable bonds is 1. The fraction of sp³-hybridized carbons (Fsp3) is 0.636. The minimum absolute atomic E-state index is 0.901. The van der Waals surface area contributed by atoms with E-state index in [2.05, 4.69) is 14.9 Å². The van der Waals surface area contributed by atoms with Gasteiger partial charge in [0.2, 0.25) is 5.95 Å². The third kappa shape index (κ3) is 1.37. The normalized spacial score (nSPS) is 30.7. The molecule has 14 heavy (non-hydrogen) atoms. The van der Waals surface area contributed by atoms with Crippen molar-refractivity contribution in [2.45, 2.75) is 19.3 Å². The van der Waals surface area contributed by atoms with Crippen LogP contribution in [0.2, 0.25) is 0 Å². The first-order valence-corrected chi connectivity index (χ1v) is 5.44. The second-order valence-corrected chi connectivity index (χ2v) is 4.50. The Morgan fingerprint density at radius 1 is 1.07 bits per heavy atom. The van der Waals surface area contributed by atoms with Gasteiger partial charge < -0.3 is 4.90 Å². The third-order valence-corrected chi connectivity index (χ3v) is 3.44. The van der Waals surface area contributed by atoms with Gasteiger partial charge >= 0.3 is 0 Å². The molecule has 0 amide bonds. The van der Waals surface area contributed by atoms with E-state index in [0.29, 0.717) is 0 Å². The van der Waals surface area contributed by atoms with Crippen molar-refractivity contribution < 1.29 is 0 Å². The van der Waals surface area contributed by atoms with Crippen molar-refractivity contribution >= 4 is 5.95 Å². The zero-order valence-corrected chi connectivity index (χ0v) is 8.26. The van der Waals surface area contributed by atoms with E-state index in [-0.39, 0.29) is 0 Å². The van der Waals surface area contributed by atoms with E-state index < -0.39 is 0 Å². The molecule has 1 aromatic heterocycles. The Morgan fingerprint density at radius 2 is 1.71 bits per heavy atom. The van der Waals surface area contributed by atoms with Crippen LogP contribution in [0.4, 0.5) is 5.95 Å². The maximum atomic E-state index is 4.31. The van der Waals surface area contributed by atoms with Crippen molar-refractivity contribution in [1.29, 1.82) is 0 Å². The monoisotopic (exact) mass is 189 g/mol. The van der Waals surface area contributed by atoms with E-state index in [9.17, 15) is 0 Å². The molecule has 1 saturated heterocycles. The number of piperidine rings is 1. The summed E-state index contributed by atoms with van der Waals surface area (Å²) in [5.41, 5.74) is 0. The molecule has 0 radical (unpaired) electrons. The average Bonchev–Trinajstić information content (AvgIpc) is 2.59. The molecule has 0 spiro atoms. The van der Waals surface area contributed by atoms with Gasteiger partial charge in [0.25, 0.3) is 0 Å². The molecule has 2 aliphatic rings.